The van der Waals surface area contributed by atoms with Gasteiger partial charge in [0.2, 0.25) is 6.33 Å². The maximum atomic E-state index is 5.81. The number of halogens is 1. The Bertz CT molecular complexity index is 441. The van der Waals surface area contributed by atoms with Crippen molar-refractivity contribution in [1.29, 1.82) is 0 Å². The van der Waals surface area contributed by atoms with E-state index in [2.05, 4.69) is 41.7 Å². The molecule has 1 aromatic rings. The molecular formula is C27H53ClN2O2. The number of imidazole rings is 1. The highest BCUT2D eigenvalue weighted by molar-refractivity contribution is 4.63. The minimum Gasteiger partial charge on any atom is -1.00 e. The normalized spacial score (nSPS) is 11.1. The van der Waals surface area contributed by atoms with Crippen molar-refractivity contribution < 1.29 is 26.4 Å². The van der Waals surface area contributed by atoms with Gasteiger partial charge in [0.1, 0.15) is 12.4 Å². The van der Waals surface area contributed by atoms with Crippen molar-refractivity contribution in [2.75, 3.05) is 13.2 Å². The smallest absolute Gasteiger partial charge is 0.247 e. The molecule has 0 aliphatic rings. The van der Waals surface area contributed by atoms with Gasteiger partial charge in [-0.1, -0.05) is 117 Å². The van der Waals surface area contributed by atoms with Gasteiger partial charge >= 0.3 is 0 Å². The van der Waals surface area contributed by atoms with E-state index in [9.17, 15) is 0 Å². The van der Waals surface area contributed by atoms with Crippen LogP contribution in [-0.2, 0) is 22.9 Å². The Morgan fingerprint density at radius 3 is 1.53 bits per heavy atom. The van der Waals surface area contributed by atoms with Crippen molar-refractivity contribution in [2.24, 2.45) is 0 Å². The summed E-state index contributed by atoms with van der Waals surface area (Å²) >= 11 is 0. The fraction of sp³-hybridized carbons (Fsp3) is 0.889. The number of unbranched alkanes of at least 4 members (excludes halogenated alkanes) is 16. The third-order valence-corrected chi connectivity index (χ3v) is 6.01. The van der Waals surface area contributed by atoms with Crippen LogP contribution in [0.2, 0.25) is 0 Å². The molecule has 0 atom stereocenters. The molecule has 32 heavy (non-hydrogen) atoms. The molecule has 4 nitrogen and oxygen atoms in total. The fourth-order valence-corrected chi connectivity index (χ4v) is 3.96. The van der Waals surface area contributed by atoms with Gasteiger partial charge in [-0.25, -0.2) is 9.13 Å². The van der Waals surface area contributed by atoms with Gasteiger partial charge in [0.05, 0.1) is 13.2 Å². The second kappa shape index (κ2) is 25.1. The molecule has 0 radical (unpaired) electrons. The molecule has 1 aromatic heterocycles. The summed E-state index contributed by atoms with van der Waals surface area (Å²) in [4.78, 5) is 0. The molecule has 0 aromatic carbocycles. The zero-order chi connectivity index (χ0) is 22.2. The summed E-state index contributed by atoms with van der Waals surface area (Å²) in [7, 11) is 0. The van der Waals surface area contributed by atoms with Gasteiger partial charge in [-0.2, -0.15) is 0 Å². The molecule has 1 heterocycles. The van der Waals surface area contributed by atoms with E-state index < -0.39 is 0 Å². The lowest BCUT2D eigenvalue weighted by Gasteiger charge is -2.03. The standard InChI is InChI=1S/C27H53N2O2.ClH/c1-3-5-7-9-11-13-15-17-19-23-30-26-28-21-22-29(25-28)27-31-24-20-18-16-14-12-10-8-6-4-2;/h21-22,25H,3-20,23-24,26-27H2,1-2H3;1H/q+1;/p-1. The van der Waals surface area contributed by atoms with Crippen molar-refractivity contribution in [1.82, 2.24) is 4.57 Å². The molecule has 0 N–H and O–H groups in total. The average molecular weight is 473 g/mol. The third kappa shape index (κ3) is 20.1. The van der Waals surface area contributed by atoms with Crippen LogP contribution in [0.25, 0.3) is 0 Å². The summed E-state index contributed by atoms with van der Waals surface area (Å²) in [6.45, 7) is 7.57. The summed E-state index contributed by atoms with van der Waals surface area (Å²) in [5, 5.41) is 0. The lowest BCUT2D eigenvalue weighted by atomic mass is 10.1. The Labute approximate surface area is 205 Å². The first-order valence-corrected chi connectivity index (χ1v) is 13.6. The Hall–Kier alpha value is -0.580. The molecule has 0 saturated carbocycles. The quantitative estimate of drug-likeness (QED) is 0.160. The number of ether oxygens (including phenoxy) is 2. The van der Waals surface area contributed by atoms with Gasteiger partial charge in [0.25, 0.3) is 0 Å². The topological polar surface area (TPSA) is 27.3 Å². The highest BCUT2D eigenvalue weighted by Crippen LogP contribution is 2.10. The van der Waals surface area contributed by atoms with Crippen LogP contribution in [0, 0.1) is 0 Å². The van der Waals surface area contributed by atoms with Crippen molar-refractivity contribution in [3.63, 3.8) is 0 Å². The van der Waals surface area contributed by atoms with Crippen LogP contribution < -0.4 is 17.0 Å². The van der Waals surface area contributed by atoms with E-state index in [0.29, 0.717) is 13.5 Å². The second-order valence-corrected chi connectivity index (χ2v) is 9.17. The number of rotatable bonds is 24. The highest BCUT2D eigenvalue weighted by atomic mass is 35.5. The SMILES string of the molecule is CCCCCCCCCCCOCn1cc[n+](COCCCCCCCCCCC)c1.[Cl-]. The zero-order valence-electron chi connectivity index (χ0n) is 21.4. The van der Waals surface area contributed by atoms with E-state index in [0.717, 1.165) is 13.2 Å². The summed E-state index contributed by atoms with van der Waals surface area (Å²) in [6, 6.07) is 0. The number of hydrogen-bond acceptors (Lipinski definition) is 2. The van der Waals surface area contributed by atoms with Gasteiger partial charge in [0, 0.05) is 0 Å². The first kappa shape index (κ1) is 31.4. The minimum absolute atomic E-state index is 0. The molecule has 0 amide bonds. The van der Waals surface area contributed by atoms with Crippen LogP contribution in [-0.4, -0.2) is 17.8 Å². The Kier molecular flexibility index (Phi) is 24.6. The molecule has 0 aliphatic carbocycles. The third-order valence-electron chi connectivity index (χ3n) is 6.01. The van der Waals surface area contributed by atoms with E-state index in [4.69, 9.17) is 9.47 Å². The monoisotopic (exact) mass is 472 g/mol. The van der Waals surface area contributed by atoms with Crippen LogP contribution >= 0.6 is 0 Å². The second-order valence-electron chi connectivity index (χ2n) is 9.17. The van der Waals surface area contributed by atoms with Gasteiger partial charge in [-0.15, -0.1) is 0 Å². The van der Waals surface area contributed by atoms with E-state index in [1.54, 1.807) is 0 Å². The van der Waals surface area contributed by atoms with Crippen LogP contribution in [0.3, 0.4) is 0 Å². The van der Waals surface area contributed by atoms with Crippen molar-refractivity contribution in [3.8, 4) is 0 Å². The highest BCUT2D eigenvalue weighted by Gasteiger charge is 2.03. The van der Waals surface area contributed by atoms with Gasteiger partial charge in [0.15, 0.2) is 13.5 Å². The van der Waals surface area contributed by atoms with Gasteiger partial charge in [-0.3, -0.25) is 0 Å². The Balaban J connectivity index is 0.00000961. The summed E-state index contributed by atoms with van der Waals surface area (Å²) in [6.07, 6.45) is 30.6. The molecule has 0 fully saturated rings. The summed E-state index contributed by atoms with van der Waals surface area (Å²) in [5.74, 6) is 0. The minimum atomic E-state index is 0. The Morgan fingerprint density at radius 1 is 0.594 bits per heavy atom. The first-order valence-electron chi connectivity index (χ1n) is 13.6. The average Bonchev–Trinajstić information content (AvgIpc) is 3.23. The first-order chi connectivity index (χ1) is 15.4. The molecule has 0 spiro atoms. The van der Waals surface area contributed by atoms with Gasteiger partial charge in [-0.05, 0) is 12.8 Å². The number of hydrogen-bond donors (Lipinski definition) is 0. The van der Waals surface area contributed by atoms with Crippen LogP contribution in [0.5, 0.6) is 0 Å². The maximum absolute atomic E-state index is 5.81. The van der Waals surface area contributed by atoms with E-state index in [1.807, 2.05) is 0 Å². The van der Waals surface area contributed by atoms with Crippen LogP contribution in [0.15, 0.2) is 18.7 Å². The predicted octanol–water partition coefficient (Wildman–Crippen LogP) is 4.79. The van der Waals surface area contributed by atoms with Gasteiger partial charge < -0.3 is 21.9 Å². The molecule has 0 bridgehead atoms. The zero-order valence-corrected chi connectivity index (χ0v) is 22.1. The van der Waals surface area contributed by atoms with Crippen LogP contribution in [0.4, 0.5) is 0 Å². The molecule has 0 aliphatic heterocycles. The molecule has 0 saturated heterocycles. The Morgan fingerprint density at radius 2 is 1.03 bits per heavy atom. The number of nitrogens with zero attached hydrogens (tertiary/aromatic N) is 2. The molecule has 0 unspecified atom stereocenters. The molecule has 190 valence electrons. The lowest BCUT2D eigenvalue weighted by molar-refractivity contribution is -0.732. The van der Waals surface area contributed by atoms with Crippen molar-refractivity contribution in [3.05, 3.63) is 18.7 Å². The van der Waals surface area contributed by atoms with Crippen molar-refractivity contribution >= 4 is 0 Å². The van der Waals surface area contributed by atoms with Crippen LogP contribution in [0.1, 0.15) is 129 Å². The fourth-order valence-electron chi connectivity index (χ4n) is 3.96. The van der Waals surface area contributed by atoms with Crippen molar-refractivity contribution in [2.45, 2.75) is 143 Å². The summed E-state index contributed by atoms with van der Waals surface area (Å²) < 4.78 is 15.8. The van der Waals surface area contributed by atoms with E-state index in [1.165, 1.54) is 116 Å². The molecule has 5 heteroatoms. The molecular weight excluding hydrogens is 420 g/mol. The predicted molar refractivity (Wildman–Crippen MR) is 131 cm³/mol. The maximum Gasteiger partial charge on any atom is 0.247 e. The van der Waals surface area contributed by atoms with E-state index >= 15 is 0 Å². The lowest BCUT2D eigenvalue weighted by Crippen LogP contribution is -3.00. The van der Waals surface area contributed by atoms with E-state index in [-0.39, 0.29) is 12.4 Å². The molecule has 1 rings (SSSR count). The summed E-state index contributed by atoms with van der Waals surface area (Å²) in [5.41, 5.74) is 0. The number of aromatic nitrogens is 2. The largest absolute Gasteiger partial charge is 1.00 e.